The van der Waals surface area contributed by atoms with Gasteiger partial charge in [0.05, 0.1) is 13.0 Å². The topological polar surface area (TPSA) is 61.8 Å². The highest BCUT2D eigenvalue weighted by atomic mass is 16.6. The van der Waals surface area contributed by atoms with Crippen LogP contribution in [0.15, 0.2) is 0 Å². The highest BCUT2D eigenvalue weighted by Gasteiger charge is 2.48. The maximum absolute atomic E-state index is 11.5. The molecule has 5 heteroatoms. The van der Waals surface area contributed by atoms with Crippen molar-refractivity contribution in [1.29, 1.82) is 0 Å². The number of methoxy groups -OCH3 is 1. The maximum Gasteiger partial charge on any atom is 0.306 e. The molecule has 0 bridgehead atoms. The van der Waals surface area contributed by atoms with E-state index in [2.05, 4.69) is 0 Å². The normalized spacial score (nSPS) is 27.1. The van der Waals surface area contributed by atoms with Crippen molar-refractivity contribution in [2.45, 2.75) is 45.1 Å². The van der Waals surface area contributed by atoms with Crippen molar-refractivity contribution >= 4 is 11.9 Å². The number of carbonyl (C=O) groups is 2. The molecule has 5 nitrogen and oxygen atoms in total. The first kappa shape index (κ1) is 15.0. The van der Waals surface area contributed by atoms with Crippen molar-refractivity contribution in [2.24, 2.45) is 5.92 Å². The lowest BCUT2D eigenvalue weighted by atomic mass is 9.90. The van der Waals surface area contributed by atoms with Gasteiger partial charge in [-0.3, -0.25) is 9.59 Å². The summed E-state index contributed by atoms with van der Waals surface area (Å²) in [6.45, 7) is 4.25. The summed E-state index contributed by atoms with van der Waals surface area (Å²) in [6, 6.07) is 0. The Kier molecular flexibility index (Phi) is 5.59. The Balaban J connectivity index is 2.53. The first-order valence-corrected chi connectivity index (χ1v) is 6.40. The van der Waals surface area contributed by atoms with Gasteiger partial charge in [0.15, 0.2) is 5.60 Å². The standard InChI is InChI=1S/C13H22O5/c1-4-5-6-11(14)17-9-13(8-16-3)10(2)7-12(15)18-13/h10H,4-9H2,1-3H3. The van der Waals surface area contributed by atoms with Crippen LogP contribution in [-0.2, 0) is 23.8 Å². The summed E-state index contributed by atoms with van der Waals surface area (Å²) in [4.78, 5) is 22.8. The molecule has 1 aliphatic heterocycles. The third kappa shape index (κ3) is 3.70. The summed E-state index contributed by atoms with van der Waals surface area (Å²) in [5.41, 5.74) is -0.812. The molecule has 1 saturated heterocycles. The second kappa shape index (κ2) is 6.73. The monoisotopic (exact) mass is 258 g/mol. The molecular formula is C13H22O5. The molecule has 0 amide bonds. The third-order valence-electron chi connectivity index (χ3n) is 3.29. The van der Waals surface area contributed by atoms with Gasteiger partial charge in [-0.1, -0.05) is 20.3 Å². The summed E-state index contributed by atoms with van der Waals surface area (Å²) in [5.74, 6) is -0.518. The summed E-state index contributed by atoms with van der Waals surface area (Å²) in [6.07, 6.45) is 2.51. The van der Waals surface area contributed by atoms with Gasteiger partial charge in [-0.15, -0.1) is 0 Å². The Labute approximate surface area is 108 Å². The Morgan fingerprint density at radius 1 is 1.50 bits per heavy atom. The lowest BCUT2D eigenvalue weighted by Crippen LogP contribution is -2.44. The molecule has 1 aliphatic rings. The number of carbonyl (C=O) groups excluding carboxylic acids is 2. The molecular weight excluding hydrogens is 236 g/mol. The van der Waals surface area contributed by atoms with Gasteiger partial charge in [-0.05, 0) is 6.42 Å². The Morgan fingerprint density at radius 3 is 2.72 bits per heavy atom. The van der Waals surface area contributed by atoms with E-state index in [9.17, 15) is 9.59 Å². The van der Waals surface area contributed by atoms with E-state index in [1.54, 1.807) is 7.11 Å². The van der Waals surface area contributed by atoms with E-state index >= 15 is 0 Å². The fourth-order valence-electron chi connectivity index (χ4n) is 2.03. The third-order valence-corrected chi connectivity index (χ3v) is 3.29. The molecule has 0 saturated carbocycles. The van der Waals surface area contributed by atoms with Crippen LogP contribution in [0.3, 0.4) is 0 Å². The summed E-state index contributed by atoms with van der Waals surface area (Å²) in [5, 5.41) is 0. The maximum atomic E-state index is 11.5. The van der Waals surface area contributed by atoms with Crippen LogP contribution >= 0.6 is 0 Å². The Morgan fingerprint density at radius 2 is 2.22 bits per heavy atom. The fourth-order valence-corrected chi connectivity index (χ4v) is 2.03. The number of rotatable bonds is 7. The van der Waals surface area contributed by atoms with Gasteiger partial charge in [0.2, 0.25) is 0 Å². The van der Waals surface area contributed by atoms with E-state index in [0.29, 0.717) is 12.8 Å². The zero-order valence-corrected chi connectivity index (χ0v) is 11.4. The molecule has 1 heterocycles. The van der Waals surface area contributed by atoms with Crippen molar-refractivity contribution in [1.82, 2.24) is 0 Å². The van der Waals surface area contributed by atoms with Crippen LogP contribution in [0.25, 0.3) is 0 Å². The molecule has 0 aromatic heterocycles. The van der Waals surface area contributed by atoms with Crippen LogP contribution in [0.5, 0.6) is 0 Å². The average Bonchev–Trinajstić information content (AvgIpc) is 2.60. The van der Waals surface area contributed by atoms with Crippen molar-refractivity contribution in [2.75, 3.05) is 20.3 Å². The quantitative estimate of drug-likeness (QED) is 0.650. The lowest BCUT2D eigenvalue weighted by Gasteiger charge is -2.30. The first-order valence-electron chi connectivity index (χ1n) is 6.40. The van der Waals surface area contributed by atoms with E-state index in [4.69, 9.17) is 14.2 Å². The van der Waals surface area contributed by atoms with E-state index in [0.717, 1.165) is 12.8 Å². The first-order chi connectivity index (χ1) is 8.54. The number of esters is 2. The van der Waals surface area contributed by atoms with Crippen molar-refractivity contribution < 1.29 is 23.8 Å². The van der Waals surface area contributed by atoms with Gasteiger partial charge in [-0.25, -0.2) is 0 Å². The Bertz CT molecular complexity index is 302. The average molecular weight is 258 g/mol. The molecule has 0 aliphatic carbocycles. The summed E-state index contributed by atoms with van der Waals surface area (Å²) < 4.78 is 15.6. The van der Waals surface area contributed by atoms with Crippen LogP contribution < -0.4 is 0 Å². The summed E-state index contributed by atoms with van der Waals surface area (Å²) >= 11 is 0. The van der Waals surface area contributed by atoms with Gasteiger partial charge in [0.1, 0.15) is 6.61 Å². The second-order valence-electron chi connectivity index (χ2n) is 4.84. The highest BCUT2D eigenvalue weighted by Crippen LogP contribution is 2.33. The van der Waals surface area contributed by atoms with Crippen LogP contribution in [0.2, 0.25) is 0 Å². The minimum atomic E-state index is -0.812. The number of hydrogen-bond acceptors (Lipinski definition) is 5. The predicted octanol–water partition coefficient (Wildman–Crippen LogP) is 1.69. The fraction of sp³-hybridized carbons (Fsp3) is 0.846. The van der Waals surface area contributed by atoms with Gasteiger partial charge in [0.25, 0.3) is 0 Å². The SMILES string of the molecule is CCCCC(=O)OCC1(COC)OC(=O)CC1C. The lowest BCUT2D eigenvalue weighted by molar-refractivity contribution is -0.171. The molecule has 18 heavy (non-hydrogen) atoms. The number of unbranched alkanes of at least 4 members (excludes halogenated alkanes) is 1. The molecule has 2 atom stereocenters. The second-order valence-corrected chi connectivity index (χ2v) is 4.84. The number of cyclic esters (lactones) is 1. The van der Waals surface area contributed by atoms with Crippen LogP contribution in [0.4, 0.5) is 0 Å². The van der Waals surface area contributed by atoms with E-state index < -0.39 is 5.60 Å². The van der Waals surface area contributed by atoms with Gasteiger partial charge < -0.3 is 14.2 Å². The highest BCUT2D eigenvalue weighted by molar-refractivity contribution is 5.73. The van der Waals surface area contributed by atoms with Crippen LogP contribution in [0, 0.1) is 5.92 Å². The van der Waals surface area contributed by atoms with E-state index in [1.807, 2.05) is 13.8 Å². The van der Waals surface area contributed by atoms with Crippen LogP contribution in [0.1, 0.15) is 39.5 Å². The minimum absolute atomic E-state index is 0.0103. The van der Waals surface area contributed by atoms with E-state index in [1.165, 1.54) is 0 Å². The summed E-state index contributed by atoms with van der Waals surface area (Å²) in [7, 11) is 1.54. The molecule has 0 radical (unpaired) electrons. The van der Waals surface area contributed by atoms with Crippen molar-refractivity contribution in [3.8, 4) is 0 Å². The van der Waals surface area contributed by atoms with E-state index in [-0.39, 0.29) is 31.1 Å². The number of ether oxygens (including phenoxy) is 3. The van der Waals surface area contributed by atoms with Gasteiger partial charge in [-0.2, -0.15) is 0 Å². The zero-order valence-electron chi connectivity index (χ0n) is 11.4. The van der Waals surface area contributed by atoms with Crippen LogP contribution in [-0.4, -0.2) is 37.9 Å². The van der Waals surface area contributed by atoms with Gasteiger partial charge in [0, 0.05) is 19.4 Å². The van der Waals surface area contributed by atoms with Crippen molar-refractivity contribution in [3.63, 3.8) is 0 Å². The molecule has 1 rings (SSSR count). The minimum Gasteiger partial charge on any atom is -0.461 e. The molecule has 1 fully saturated rings. The smallest absolute Gasteiger partial charge is 0.306 e. The molecule has 0 N–H and O–H groups in total. The Hall–Kier alpha value is -1.10. The molecule has 0 spiro atoms. The number of hydrogen-bond donors (Lipinski definition) is 0. The molecule has 0 aromatic rings. The molecule has 2 unspecified atom stereocenters. The van der Waals surface area contributed by atoms with Crippen molar-refractivity contribution in [3.05, 3.63) is 0 Å². The molecule has 0 aromatic carbocycles. The largest absolute Gasteiger partial charge is 0.461 e. The van der Waals surface area contributed by atoms with Gasteiger partial charge >= 0.3 is 11.9 Å². The predicted molar refractivity (Wildman–Crippen MR) is 65.0 cm³/mol. The zero-order chi connectivity index (χ0) is 13.6. The molecule has 104 valence electrons.